The Bertz CT molecular complexity index is 821. The Balaban J connectivity index is 1.53. The van der Waals surface area contributed by atoms with Crippen LogP contribution in [-0.2, 0) is 6.54 Å². The van der Waals surface area contributed by atoms with Crippen molar-refractivity contribution in [3.63, 3.8) is 0 Å². The smallest absolute Gasteiger partial charge is 0.322 e. The van der Waals surface area contributed by atoms with Gasteiger partial charge in [0.05, 0.1) is 12.8 Å². The Morgan fingerprint density at radius 3 is 2.48 bits per heavy atom. The van der Waals surface area contributed by atoms with E-state index in [-0.39, 0.29) is 23.3 Å². The summed E-state index contributed by atoms with van der Waals surface area (Å²) in [5.74, 6) is -0.606. The van der Waals surface area contributed by atoms with Crippen molar-refractivity contribution in [3.8, 4) is 5.75 Å². The summed E-state index contributed by atoms with van der Waals surface area (Å²) in [5, 5.41) is 2.64. The lowest BCUT2D eigenvalue weighted by molar-refractivity contribution is 0.143. The Morgan fingerprint density at radius 2 is 1.81 bits per heavy atom. The van der Waals surface area contributed by atoms with Gasteiger partial charge in [-0.05, 0) is 42.3 Å². The predicted octanol–water partition coefficient (Wildman–Crippen LogP) is 3.63. The van der Waals surface area contributed by atoms with Gasteiger partial charge in [-0.3, -0.25) is 4.90 Å². The second kappa shape index (κ2) is 8.35. The molecule has 0 atom stereocenters. The first-order valence-corrected chi connectivity index (χ1v) is 8.83. The minimum Gasteiger partial charge on any atom is -0.494 e. The van der Waals surface area contributed by atoms with E-state index in [4.69, 9.17) is 4.74 Å². The lowest BCUT2D eigenvalue weighted by Gasteiger charge is -2.34. The van der Waals surface area contributed by atoms with E-state index in [0.717, 1.165) is 11.1 Å². The van der Waals surface area contributed by atoms with Crippen LogP contribution in [0, 0.1) is 18.6 Å². The van der Waals surface area contributed by atoms with Gasteiger partial charge in [-0.15, -0.1) is 0 Å². The van der Waals surface area contributed by atoms with Gasteiger partial charge in [0.2, 0.25) is 0 Å². The minimum absolute atomic E-state index is 0.191. The highest BCUT2D eigenvalue weighted by Gasteiger charge is 2.22. The fourth-order valence-electron chi connectivity index (χ4n) is 3.10. The molecule has 7 heteroatoms. The number of hydrogen-bond acceptors (Lipinski definition) is 3. The van der Waals surface area contributed by atoms with Crippen molar-refractivity contribution in [2.24, 2.45) is 0 Å². The van der Waals surface area contributed by atoms with Crippen LogP contribution < -0.4 is 10.1 Å². The predicted molar refractivity (Wildman–Crippen MR) is 100.0 cm³/mol. The van der Waals surface area contributed by atoms with E-state index in [2.05, 4.69) is 10.2 Å². The van der Waals surface area contributed by atoms with Crippen LogP contribution in [0.1, 0.15) is 11.1 Å². The molecule has 2 amide bonds. The van der Waals surface area contributed by atoms with E-state index in [9.17, 15) is 13.6 Å². The van der Waals surface area contributed by atoms with Crippen molar-refractivity contribution in [2.45, 2.75) is 13.5 Å². The molecule has 5 nitrogen and oxygen atoms in total. The quantitative estimate of drug-likeness (QED) is 0.888. The number of benzene rings is 2. The molecule has 27 heavy (non-hydrogen) atoms. The summed E-state index contributed by atoms with van der Waals surface area (Å²) in [6.45, 7) is 4.82. The molecule has 1 aliphatic rings. The molecule has 1 heterocycles. The molecule has 3 rings (SSSR count). The number of methoxy groups -OCH3 is 1. The Labute approximate surface area is 157 Å². The number of rotatable bonds is 4. The van der Waals surface area contributed by atoms with Gasteiger partial charge in [-0.1, -0.05) is 12.1 Å². The lowest BCUT2D eigenvalue weighted by atomic mass is 10.2. The van der Waals surface area contributed by atoms with Crippen molar-refractivity contribution in [3.05, 3.63) is 59.2 Å². The highest BCUT2D eigenvalue weighted by Crippen LogP contribution is 2.20. The topological polar surface area (TPSA) is 44.8 Å². The van der Waals surface area contributed by atoms with Gasteiger partial charge < -0.3 is 15.0 Å². The van der Waals surface area contributed by atoms with Crippen LogP contribution in [0.5, 0.6) is 5.75 Å². The van der Waals surface area contributed by atoms with Crippen LogP contribution in [0.3, 0.4) is 0 Å². The summed E-state index contributed by atoms with van der Waals surface area (Å²) >= 11 is 0. The highest BCUT2D eigenvalue weighted by atomic mass is 19.1. The number of ether oxygens (including phenoxy) is 1. The molecule has 2 aromatic carbocycles. The van der Waals surface area contributed by atoms with Crippen molar-refractivity contribution in [1.29, 1.82) is 0 Å². The van der Waals surface area contributed by atoms with Gasteiger partial charge in [-0.2, -0.15) is 0 Å². The maximum Gasteiger partial charge on any atom is 0.322 e. The number of nitrogens with one attached hydrogen (secondary N) is 1. The second-order valence-electron chi connectivity index (χ2n) is 6.65. The summed E-state index contributed by atoms with van der Waals surface area (Å²) in [5.41, 5.74) is 1.92. The van der Waals surface area contributed by atoms with Crippen LogP contribution in [-0.4, -0.2) is 49.1 Å². The zero-order valence-corrected chi connectivity index (χ0v) is 15.5. The molecule has 1 N–H and O–H groups in total. The van der Waals surface area contributed by atoms with E-state index in [1.54, 1.807) is 23.1 Å². The third-order valence-electron chi connectivity index (χ3n) is 4.65. The first-order chi connectivity index (χ1) is 13.0. The number of aryl methyl sites for hydroxylation is 1. The van der Waals surface area contributed by atoms with E-state index < -0.39 is 5.82 Å². The van der Waals surface area contributed by atoms with Gasteiger partial charge in [0.25, 0.3) is 0 Å². The summed E-state index contributed by atoms with van der Waals surface area (Å²) < 4.78 is 32.5. The number of carbonyl (C=O) groups excluding carboxylic acids is 1. The van der Waals surface area contributed by atoms with E-state index in [1.165, 1.54) is 19.2 Å². The Kier molecular flexibility index (Phi) is 5.91. The fraction of sp³-hybridized carbons (Fsp3) is 0.350. The van der Waals surface area contributed by atoms with Crippen molar-refractivity contribution in [1.82, 2.24) is 9.80 Å². The van der Waals surface area contributed by atoms with Gasteiger partial charge >= 0.3 is 6.03 Å². The number of amides is 2. The summed E-state index contributed by atoms with van der Waals surface area (Å²) in [6, 6.07) is 9.23. The third kappa shape index (κ3) is 4.74. The number of hydrogen-bond donors (Lipinski definition) is 1. The fourth-order valence-corrected chi connectivity index (χ4v) is 3.10. The molecule has 0 aliphatic carbocycles. The van der Waals surface area contributed by atoms with Crippen LogP contribution >= 0.6 is 0 Å². The normalized spacial score (nSPS) is 14.9. The number of carbonyl (C=O) groups is 1. The first-order valence-electron chi connectivity index (χ1n) is 8.83. The molecule has 2 aromatic rings. The lowest BCUT2D eigenvalue weighted by Crippen LogP contribution is -2.49. The SMILES string of the molecule is COc1ccc(CN2CCN(C(=O)Nc3cc(C)ccc3F)CC2)cc1F. The molecule has 0 radical (unpaired) electrons. The number of anilines is 1. The van der Waals surface area contributed by atoms with E-state index >= 15 is 0 Å². The minimum atomic E-state index is -0.450. The van der Waals surface area contributed by atoms with Crippen molar-refractivity contribution >= 4 is 11.7 Å². The zero-order valence-electron chi connectivity index (χ0n) is 15.5. The Morgan fingerprint density at radius 1 is 1.07 bits per heavy atom. The molecular formula is C20H23F2N3O2. The van der Waals surface area contributed by atoms with E-state index in [1.807, 2.05) is 13.0 Å². The molecule has 1 saturated heterocycles. The van der Waals surface area contributed by atoms with Crippen molar-refractivity contribution in [2.75, 3.05) is 38.6 Å². The van der Waals surface area contributed by atoms with Crippen LogP contribution in [0.2, 0.25) is 0 Å². The summed E-state index contributed by atoms with van der Waals surface area (Å²) in [6.07, 6.45) is 0. The van der Waals surface area contributed by atoms with Gasteiger partial charge in [0, 0.05) is 32.7 Å². The molecule has 0 aromatic heterocycles. The molecule has 1 fully saturated rings. The molecule has 144 valence electrons. The molecule has 0 saturated carbocycles. The van der Waals surface area contributed by atoms with E-state index in [0.29, 0.717) is 32.7 Å². The monoisotopic (exact) mass is 375 g/mol. The summed E-state index contributed by atoms with van der Waals surface area (Å²) in [7, 11) is 1.44. The van der Waals surface area contributed by atoms with Gasteiger partial charge in [-0.25, -0.2) is 13.6 Å². The van der Waals surface area contributed by atoms with Crippen molar-refractivity contribution < 1.29 is 18.3 Å². The standard InChI is InChI=1S/C20H23F2N3O2/c1-14-3-5-16(21)18(11-14)23-20(26)25-9-7-24(8-10-25)13-15-4-6-19(27-2)17(22)12-15/h3-6,11-12H,7-10,13H2,1-2H3,(H,23,26). The maximum atomic E-state index is 13.8. The van der Waals surface area contributed by atoms with Gasteiger partial charge in [0.1, 0.15) is 5.82 Å². The second-order valence-corrected chi connectivity index (χ2v) is 6.65. The molecule has 0 spiro atoms. The first kappa shape index (κ1) is 19.1. The van der Waals surface area contributed by atoms with Gasteiger partial charge in [0.15, 0.2) is 11.6 Å². The largest absolute Gasteiger partial charge is 0.494 e. The van der Waals surface area contributed by atoms with Crippen LogP contribution in [0.4, 0.5) is 19.3 Å². The average Bonchev–Trinajstić information content (AvgIpc) is 2.65. The number of piperazine rings is 1. The number of nitrogens with zero attached hydrogens (tertiary/aromatic N) is 2. The molecular weight excluding hydrogens is 352 g/mol. The van der Waals surface area contributed by atoms with Crippen LogP contribution in [0.25, 0.3) is 0 Å². The highest BCUT2D eigenvalue weighted by molar-refractivity contribution is 5.89. The van der Waals surface area contributed by atoms with Crippen LogP contribution in [0.15, 0.2) is 36.4 Å². The third-order valence-corrected chi connectivity index (χ3v) is 4.65. The molecule has 0 unspecified atom stereocenters. The summed E-state index contributed by atoms with van der Waals surface area (Å²) in [4.78, 5) is 16.2. The zero-order chi connectivity index (χ0) is 19.4. The Hall–Kier alpha value is -2.67. The number of halogens is 2. The molecule has 0 bridgehead atoms. The average molecular weight is 375 g/mol. The molecule has 1 aliphatic heterocycles. The maximum absolute atomic E-state index is 13.8. The number of urea groups is 1.